The fourth-order valence-electron chi connectivity index (χ4n) is 3.51. The maximum atomic E-state index is 11.4. The average molecular weight is 450 g/mol. The monoisotopic (exact) mass is 449 g/mol. The van der Waals surface area contributed by atoms with E-state index in [0.717, 1.165) is 38.9 Å². The second-order valence-electron chi connectivity index (χ2n) is 7.00. The lowest BCUT2D eigenvalue weighted by atomic mass is 10.1. The summed E-state index contributed by atoms with van der Waals surface area (Å²) in [6.07, 6.45) is 3.58. The first-order valence-corrected chi connectivity index (χ1v) is 9.71. The number of nitrogens with zero attached hydrogens (tertiary/aromatic N) is 4. The average Bonchev–Trinajstić information content (AvgIpc) is 3.15. The number of aromatic nitrogens is 4. The van der Waals surface area contributed by atoms with E-state index in [1.165, 1.54) is 0 Å². The van der Waals surface area contributed by atoms with Gasteiger partial charge in [-0.25, -0.2) is 9.97 Å². The van der Waals surface area contributed by atoms with Gasteiger partial charge in [-0.2, -0.15) is 0 Å². The maximum absolute atomic E-state index is 11.4. The van der Waals surface area contributed by atoms with E-state index in [1.807, 2.05) is 34.9 Å². The SMILES string of the molecule is Cl.NC(=O)c1ccc(-c2ccc3ncn(Cc4ccc5ncccc5c4)c3n2)cc1Cl. The number of rotatable bonds is 4. The fourth-order valence-corrected chi connectivity index (χ4v) is 3.78. The number of imidazole rings is 1. The van der Waals surface area contributed by atoms with Crippen LogP contribution in [0.5, 0.6) is 0 Å². The van der Waals surface area contributed by atoms with Gasteiger partial charge in [0.05, 0.1) is 34.7 Å². The standard InChI is InChI=1S/C23H16ClN5O.ClH/c24-18-11-16(4-5-17(18)22(25)30)20-7-8-21-23(28-20)29(13-27-21)12-14-3-6-19-15(10-14)2-1-9-26-19;/h1-11,13H,12H2,(H2,25,30);1H. The van der Waals surface area contributed by atoms with Gasteiger partial charge in [-0.3, -0.25) is 9.78 Å². The first-order valence-electron chi connectivity index (χ1n) is 9.34. The zero-order valence-electron chi connectivity index (χ0n) is 16.2. The molecule has 3 heterocycles. The van der Waals surface area contributed by atoms with E-state index in [9.17, 15) is 4.79 Å². The van der Waals surface area contributed by atoms with Crippen LogP contribution in [0.2, 0.25) is 5.02 Å². The maximum Gasteiger partial charge on any atom is 0.250 e. The Morgan fingerprint density at radius 1 is 1.00 bits per heavy atom. The van der Waals surface area contributed by atoms with Gasteiger partial charge in [0.2, 0.25) is 5.91 Å². The number of carbonyl (C=O) groups is 1. The summed E-state index contributed by atoms with van der Waals surface area (Å²) >= 11 is 6.21. The third kappa shape index (κ3) is 3.95. The van der Waals surface area contributed by atoms with Gasteiger partial charge in [0.25, 0.3) is 0 Å². The van der Waals surface area contributed by atoms with Crippen LogP contribution >= 0.6 is 24.0 Å². The predicted molar refractivity (Wildman–Crippen MR) is 125 cm³/mol. The molecule has 1 amide bonds. The molecule has 0 aliphatic carbocycles. The summed E-state index contributed by atoms with van der Waals surface area (Å²) in [5, 5.41) is 1.40. The molecule has 5 rings (SSSR count). The van der Waals surface area contributed by atoms with Crippen molar-refractivity contribution in [1.29, 1.82) is 0 Å². The number of nitrogens with two attached hydrogens (primary N) is 1. The summed E-state index contributed by atoms with van der Waals surface area (Å²) in [4.78, 5) is 25.0. The van der Waals surface area contributed by atoms with Crippen LogP contribution in [0.3, 0.4) is 0 Å². The largest absolute Gasteiger partial charge is 0.366 e. The van der Waals surface area contributed by atoms with Crippen LogP contribution in [0.15, 0.2) is 73.2 Å². The molecule has 0 unspecified atom stereocenters. The Kier molecular flexibility index (Phi) is 5.59. The van der Waals surface area contributed by atoms with Crippen molar-refractivity contribution in [3.63, 3.8) is 0 Å². The number of benzene rings is 2. The van der Waals surface area contributed by atoms with E-state index in [2.05, 4.69) is 22.1 Å². The minimum absolute atomic E-state index is 0. The van der Waals surface area contributed by atoms with Gasteiger partial charge < -0.3 is 10.3 Å². The number of fused-ring (bicyclic) bond motifs is 2. The van der Waals surface area contributed by atoms with Crippen molar-refractivity contribution in [2.45, 2.75) is 6.54 Å². The third-order valence-corrected chi connectivity index (χ3v) is 5.33. The van der Waals surface area contributed by atoms with Crippen LogP contribution in [0.1, 0.15) is 15.9 Å². The van der Waals surface area contributed by atoms with Gasteiger partial charge >= 0.3 is 0 Å². The van der Waals surface area contributed by atoms with Gasteiger partial charge in [-0.15, -0.1) is 12.4 Å². The Labute approximate surface area is 189 Å². The van der Waals surface area contributed by atoms with E-state index >= 15 is 0 Å². The van der Waals surface area contributed by atoms with Crippen molar-refractivity contribution >= 4 is 52.0 Å². The highest BCUT2D eigenvalue weighted by atomic mass is 35.5. The quantitative estimate of drug-likeness (QED) is 0.423. The van der Waals surface area contributed by atoms with Crippen molar-refractivity contribution in [2.75, 3.05) is 0 Å². The molecule has 0 radical (unpaired) electrons. The van der Waals surface area contributed by atoms with Crippen molar-refractivity contribution in [3.05, 3.63) is 89.3 Å². The highest BCUT2D eigenvalue weighted by molar-refractivity contribution is 6.34. The number of pyridine rings is 2. The zero-order valence-corrected chi connectivity index (χ0v) is 17.8. The highest BCUT2D eigenvalue weighted by Gasteiger charge is 2.11. The van der Waals surface area contributed by atoms with Crippen molar-refractivity contribution in [1.82, 2.24) is 19.5 Å². The fraction of sp³-hybridized carbons (Fsp3) is 0.0435. The second kappa shape index (κ2) is 8.34. The van der Waals surface area contributed by atoms with Crippen molar-refractivity contribution in [2.24, 2.45) is 5.73 Å². The van der Waals surface area contributed by atoms with Crippen LogP contribution in [-0.2, 0) is 6.54 Å². The number of primary amides is 1. The topological polar surface area (TPSA) is 86.7 Å². The molecule has 0 spiro atoms. The molecule has 5 aromatic rings. The molecule has 0 saturated carbocycles. The summed E-state index contributed by atoms with van der Waals surface area (Å²) in [5.74, 6) is -0.557. The smallest absolute Gasteiger partial charge is 0.250 e. The number of carbonyl (C=O) groups excluding carboxylic acids is 1. The third-order valence-electron chi connectivity index (χ3n) is 5.01. The van der Waals surface area contributed by atoms with Crippen molar-refractivity contribution < 1.29 is 4.79 Å². The predicted octanol–water partition coefficient (Wildman–Crippen LogP) is 4.87. The van der Waals surface area contributed by atoms with E-state index < -0.39 is 5.91 Å². The molecule has 31 heavy (non-hydrogen) atoms. The lowest BCUT2D eigenvalue weighted by Gasteiger charge is -2.08. The number of amides is 1. The van der Waals surface area contributed by atoms with Crippen LogP contribution in [-0.4, -0.2) is 25.4 Å². The zero-order chi connectivity index (χ0) is 20.7. The van der Waals surface area contributed by atoms with E-state index in [-0.39, 0.29) is 18.0 Å². The number of hydrogen-bond donors (Lipinski definition) is 1. The van der Waals surface area contributed by atoms with Gasteiger partial charge in [-0.1, -0.05) is 29.8 Å². The van der Waals surface area contributed by atoms with E-state index in [0.29, 0.717) is 11.6 Å². The molecule has 3 aromatic heterocycles. The first-order chi connectivity index (χ1) is 14.6. The lowest BCUT2D eigenvalue weighted by Crippen LogP contribution is -2.11. The minimum atomic E-state index is -0.557. The van der Waals surface area contributed by atoms with Gasteiger partial charge in [0.1, 0.15) is 5.52 Å². The molecule has 2 N–H and O–H groups in total. The Balaban J connectivity index is 0.00000231. The van der Waals surface area contributed by atoms with Gasteiger partial charge in [-0.05, 0) is 48.0 Å². The molecule has 0 bridgehead atoms. The highest BCUT2D eigenvalue weighted by Crippen LogP contribution is 2.26. The Morgan fingerprint density at radius 3 is 2.65 bits per heavy atom. The molecular weight excluding hydrogens is 433 g/mol. The first kappa shape index (κ1) is 20.8. The lowest BCUT2D eigenvalue weighted by molar-refractivity contribution is 0.100. The van der Waals surface area contributed by atoms with Gasteiger partial charge in [0.15, 0.2) is 5.65 Å². The minimum Gasteiger partial charge on any atom is -0.366 e. The molecular formula is C23H17Cl2N5O. The van der Waals surface area contributed by atoms with Crippen LogP contribution < -0.4 is 5.73 Å². The molecule has 0 aliphatic rings. The molecule has 0 aliphatic heterocycles. The number of halogens is 2. The molecule has 0 atom stereocenters. The van der Waals surface area contributed by atoms with Crippen LogP contribution in [0.25, 0.3) is 33.3 Å². The van der Waals surface area contributed by atoms with Gasteiger partial charge in [0, 0.05) is 17.1 Å². The summed E-state index contributed by atoms with van der Waals surface area (Å²) in [6, 6.07) is 19.1. The molecule has 8 heteroatoms. The summed E-state index contributed by atoms with van der Waals surface area (Å²) in [6.45, 7) is 0.638. The molecule has 0 saturated heterocycles. The number of hydrogen-bond acceptors (Lipinski definition) is 4. The Bertz CT molecular complexity index is 1430. The van der Waals surface area contributed by atoms with E-state index in [4.69, 9.17) is 22.3 Å². The summed E-state index contributed by atoms with van der Waals surface area (Å²) < 4.78 is 2.01. The second-order valence-corrected chi connectivity index (χ2v) is 7.41. The van der Waals surface area contributed by atoms with Crippen LogP contribution in [0, 0.1) is 0 Å². The molecule has 0 fully saturated rings. The normalized spacial score (nSPS) is 10.9. The van der Waals surface area contributed by atoms with Crippen LogP contribution in [0.4, 0.5) is 0 Å². The molecule has 6 nitrogen and oxygen atoms in total. The molecule has 154 valence electrons. The summed E-state index contributed by atoms with van der Waals surface area (Å²) in [7, 11) is 0. The van der Waals surface area contributed by atoms with Crippen molar-refractivity contribution in [3.8, 4) is 11.3 Å². The Morgan fingerprint density at radius 2 is 1.84 bits per heavy atom. The summed E-state index contributed by atoms with van der Waals surface area (Å²) in [5.41, 5.74) is 10.8. The Hall–Kier alpha value is -3.48. The van der Waals surface area contributed by atoms with E-state index in [1.54, 1.807) is 30.7 Å². The molecule has 2 aromatic carbocycles.